The van der Waals surface area contributed by atoms with E-state index >= 15 is 0 Å². The molecule has 1 heterocycles. The number of sulfone groups is 1. The maximum Gasteiger partial charge on any atom is 0.338 e. The van der Waals surface area contributed by atoms with Gasteiger partial charge < -0.3 is 9.64 Å². The predicted molar refractivity (Wildman–Crippen MR) is 92.8 cm³/mol. The van der Waals surface area contributed by atoms with E-state index in [0.29, 0.717) is 6.42 Å². The number of rotatable bonds is 6. The zero-order valence-electron chi connectivity index (χ0n) is 13.9. The minimum Gasteiger partial charge on any atom is -0.452 e. The van der Waals surface area contributed by atoms with Crippen LogP contribution >= 0.6 is 11.6 Å². The van der Waals surface area contributed by atoms with Gasteiger partial charge in [0.15, 0.2) is 16.4 Å². The molecular formula is C15H17ClN2O7S. The maximum absolute atomic E-state index is 12.3. The third-order valence-electron chi connectivity index (χ3n) is 4.02. The van der Waals surface area contributed by atoms with E-state index in [9.17, 15) is 28.1 Å². The first-order valence-corrected chi connectivity index (χ1v) is 9.95. The molecule has 1 aromatic carbocycles. The van der Waals surface area contributed by atoms with Crippen LogP contribution in [0.25, 0.3) is 0 Å². The Morgan fingerprint density at radius 2 is 2.12 bits per heavy atom. The molecule has 0 aromatic heterocycles. The van der Waals surface area contributed by atoms with Gasteiger partial charge in [-0.1, -0.05) is 11.6 Å². The molecule has 0 radical (unpaired) electrons. The molecule has 9 nitrogen and oxygen atoms in total. The van der Waals surface area contributed by atoms with Crippen molar-refractivity contribution in [1.82, 2.24) is 4.90 Å². The quantitative estimate of drug-likeness (QED) is 0.399. The van der Waals surface area contributed by atoms with Crippen molar-refractivity contribution in [2.45, 2.75) is 19.4 Å². The summed E-state index contributed by atoms with van der Waals surface area (Å²) in [5.41, 5.74) is -0.556. The fourth-order valence-electron chi connectivity index (χ4n) is 2.73. The summed E-state index contributed by atoms with van der Waals surface area (Å²) in [4.78, 5) is 35.8. The molecule has 1 fully saturated rings. The van der Waals surface area contributed by atoms with Crippen LogP contribution in [0.5, 0.6) is 0 Å². The summed E-state index contributed by atoms with van der Waals surface area (Å²) in [6.07, 6.45) is 0.346. The summed E-state index contributed by atoms with van der Waals surface area (Å²) in [7, 11) is -3.15. The monoisotopic (exact) mass is 404 g/mol. The Labute approximate surface area is 154 Å². The number of esters is 1. The molecule has 1 aliphatic heterocycles. The number of hydrogen-bond acceptors (Lipinski definition) is 7. The molecule has 0 aliphatic carbocycles. The first-order chi connectivity index (χ1) is 12.1. The van der Waals surface area contributed by atoms with Crippen molar-refractivity contribution in [2.75, 3.05) is 24.7 Å². The Bertz CT molecular complexity index is 840. The summed E-state index contributed by atoms with van der Waals surface area (Å²) in [5, 5.41) is 10.7. The fraction of sp³-hybridized carbons (Fsp3) is 0.467. The second-order valence-electron chi connectivity index (χ2n) is 5.74. The third-order valence-corrected chi connectivity index (χ3v) is 6.09. The van der Waals surface area contributed by atoms with E-state index in [-0.39, 0.29) is 28.6 Å². The smallest absolute Gasteiger partial charge is 0.338 e. The van der Waals surface area contributed by atoms with Gasteiger partial charge in [-0.2, -0.15) is 0 Å². The highest BCUT2D eigenvalue weighted by molar-refractivity contribution is 7.91. The fourth-order valence-corrected chi connectivity index (χ4v) is 4.65. The SMILES string of the molecule is CCN(C(=O)COC(=O)c1ccc(Cl)c([N+](=O)[O-])c1)[C@@H]1CCS(=O)(=O)C1. The molecule has 11 heteroatoms. The molecule has 1 atom stereocenters. The summed E-state index contributed by atoms with van der Waals surface area (Å²) in [5.74, 6) is -1.51. The van der Waals surface area contributed by atoms with Gasteiger partial charge in [-0.25, -0.2) is 13.2 Å². The van der Waals surface area contributed by atoms with Gasteiger partial charge >= 0.3 is 5.97 Å². The first kappa shape index (κ1) is 20.1. The average molecular weight is 405 g/mol. The van der Waals surface area contributed by atoms with Crippen molar-refractivity contribution >= 4 is 39.0 Å². The second kappa shape index (κ2) is 8.00. The van der Waals surface area contributed by atoms with Gasteiger partial charge in [-0.15, -0.1) is 0 Å². The molecule has 142 valence electrons. The summed E-state index contributed by atoms with van der Waals surface area (Å²) in [6.45, 7) is 1.40. The number of nitrogens with zero attached hydrogens (tertiary/aromatic N) is 2. The van der Waals surface area contributed by atoms with Crippen LogP contribution in [-0.4, -0.2) is 60.8 Å². The van der Waals surface area contributed by atoms with E-state index in [1.807, 2.05) is 0 Å². The molecule has 0 saturated carbocycles. The Morgan fingerprint density at radius 1 is 1.42 bits per heavy atom. The molecule has 0 bridgehead atoms. The average Bonchev–Trinajstić information content (AvgIpc) is 2.93. The Balaban J connectivity index is 2.01. The number of halogens is 1. The number of nitro benzene ring substituents is 1. The van der Waals surface area contributed by atoms with Crippen molar-refractivity contribution in [3.05, 3.63) is 38.9 Å². The van der Waals surface area contributed by atoms with Gasteiger partial charge in [-0.3, -0.25) is 14.9 Å². The minimum atomic E-state index is -3.15. The van der Waals surface area contributed by atoms with Gasteiger partial charge in [0.1, 0.15) is 5.02 Å². The molecule has 0 N–H and O–H groups in total. The molecular weight excluding hydrogens is 388 g/mol. The number of hydrogen-bond donors (Lipinski definition) is 0. The zero-order chi connectivity index (χ0) is 19.5. The second-order valence-corrected chi connectivity index (χ2v) is 8.37. The molecule has 2 rings (SSSR count). The van der Waals surface area contributed by atoms with Crippen LogP contribution in [0.3, 0.4) is 0 Å². The number of carbonyl (C=O) groups is 2. The topological polar surface area (TPSA) is 124 Å². The summed E-state index contributed by atoms with van der Waals surface area (Å²) in [6, 6.07) is 2.98. The van der Waals surface area contributed by atoms with Gasteiger partial charge in [0.05, 0.1) is 22.0 Å². The molecule has 0 unspecified atom stereocenters. The van der Waals surface area contributed by atoms with Crippen LogP contribution in [0, 0.1) is 10.1 Å². The van der Waals surface area contributed by atoms with Crippen LogP contribution in [-0.2, 0) is 19.4 Å². The standard InChI is InChI=1S/C15H17ClN2O7S/c1-2-17(11-5-6-26(23,24)9-11)14(19)8-25-15(20)10-3-4-12(16)13(7-10)18(21)22/h3-4,7,11H,2,5-6,8-9H2,1H3/t11-/m1/s1. The number of benzene rings is 1. The van der Waals surface area contributed by atoms with E-state index in [2.05, 4.69) is 0 Å². The van der Waals surface area contributed by atoms with E-state index < -0.39 is 45.0 Å². The van der Waals surface area contributed by atoms with E-state index in [1.165, 1.54) is 17.0 Å². The van der Waals surface area contributed by atoms with E-state index in [0.717, 1.165) is 6.07 Å². The molecule has 0 spiro atoms. The molecule has 26 heavy (non-hydrogen) atoms. The number of likely N-dealkylation sites (N-methyl/N-ethyl adjacent to an activating group) is 1. The molecule has 1 amide bonds. The molecule has 1 saturated heterocycles. The minimum absolute atomic E-state index is 0.0235. The maximum atomic E-state index is 12.3. The van der Waals surface area contributed by atoms with Crippen LogP contribution in [0.2, 0.25) is 5.02 Å². The highest BCUT2D eigenvalue weighted by atomic mass is 35.5. The normalized spacial score (nSPS) is 18.3. The largest absolute Gasteiger partial charge is 0.452 e. The van der Waals surface area contributed by atoms with Crippen LogP contribution in [0.15, 0.2) is 18.2 Å². The van der Waals surface area contributed by atoms with Crippen LogP contribution < -0.4 is 0 Å². The number of ether oxygens (including phenoxy) is 1. The van der Waals surface area contributed by atoms with Crippen molar-refractivity contribution in [3.8, 4) is 0 Å². The lowest BCUT2D eigenvalue weighted by atomic mass is 10.2. The number of nitro groups is 1. The lowest BCUT2D eigenvalue weighted by molar-refractivity contribution is -0.384. The van der Waals surface area contributed by atoms with Crippen molar-refractivity contribution < 1.29 is 27.7 Å². The first-order valence-electron chi connectivity index (χ1n) is 7.75. The Morgan fingerprint density at radius 3 is 2.65 bits per heavy atom. The molecule has 1 aromatic rings. The van der Waals surface area contributed by atoms with E-state index in [4.69, 9.17) is 16.3 Å². The molecule has 1 aliphatic rings. The van der Waals surface area contributed by atoms with Gasteiger partial charge in [-0.05, 0) is 25.5 Å². The lowest BCUT2D eigenvalue weighted by Crippen LogP contribution is -2.43. The van der Waals surface area contributed by atoms with Crippen molar-refractivity contribution in [1.29, 1.82) is 0 Å². The van der Waals surface area contributed by atoms with Gasteiger partial charge in [0.25, 0.3) is 11.6 Å². The van der Waals surface area contributed by atoms with Gasteiger partial charge in [0.2, 0.25) is 0 Å². The van der Waals surface area contributed by atoms with Gasteiger partial charge in [0, 0.05) is 18.7 Å². The van der Waals surface area contributed by atoms with Crippen LogP contribution in [0.1, 0.15) is 23.7 Å². The highest BCUT2D eigenvalue weighted by Crippen LogP contribution is 2.25. The number of carbonyl (C=O) groups excluding carboxylic acids is 2. The predicted octanol–water partition coefficient (Wildman–Crippen LogP) is 1.44. The van der Waals surface area contributed by atoms with Crippen LogP contribution in [0.4, 0.5) is 5.69 Å². The summed E-state index contributed by atoms with van der Waals surface area (Å²) >= 11 is 5.68. The van der Waals surface area contributed by atoms with E-state index in [1.54, 1.807) is 6.92 Å². The third kappa shape index (κ3) is 4.70. The highest BCUT2D eigenvalue weighted by Gasteiger charge is 2.34. The Hall–Kier alpha value is -2.20. The lowest BCUT2D eigenvalue weighted by Gasteiger charge is -2.26. The number of amides is 1. The zero-order valence-corrected chi connectivity index (χ0v) is 15.5. The Kier molecular flexibility index (Phi) is 6.19. The van der Waals surface area contributed by atoms with Crippen molar-refractivity contribution in [3.63, 3.8) is 0 Å². The summed E-state index contributed by atoms with van der Waals surface area (Å²) < 4.78 is 28.0. The van der Waals surface area contributed by atoms with Crippen molar-refractivity contribution in [2.24, 2.45) is 0 Å².